The Morgan fingerprint density at radius 2 is 2.23 bits per heavy atom. The van der Waals surface area contributed by atoms with Crippen molar-refractivity contribution in [2.75, 3.05) is 0 Å². The molecule has 3 unspecified atom stereocenters. The van der Waals surface area contributed by atoms with E-state index < -0.39 is 11.8 Å². The van der Waals surface area contributed by atoms with E-state index in [0.717, 1.165) is 11.3 Å². The van der Waals surface area contributed by atoms with Crippen molar-refractivity contribution in [3.8, 4) is 5.82 Å². The lowest BCUT2D eigenvalue weighted by molar-refractivity contribution is -0.130. The molecule has 0 aliphatic heterocycles. The highest BCUT2D eigenvalue weighted by molar-refractivity contribution is 5.82. The second kappa shape index (κ2) is 7.61. The van der Waals surface area contributed by atoms with Crippen molar-refractivity contribution in [2.45, 2.75) is 26.2 Å². The summed E-state index contributed by atoms with van der Waals surface area (Å²) in [6.07, 6.45) is 8.40. The molecule has 3 rings (SSSR count). The highest BCUT2D eigenvalue weighted by Crippen LogP contribution is 2.57. The Hall–Kier alpha value is -2.80. The zero-order valence-electron chi connectivity index (χ0n) is 14.6. The molecule has 1 saturated carbocycles. The summed E-state index contributed by atoms with van der Waals surface area (Å²) in [5.41, 5.74) is 3.42. The zero-order chi connectivity index (χ0) is 18.7. The van der Waals surface area contributed by atoms with E-state index in [-0.39, 0.29) is 24.1 Å². The van der Waals surface area contributed by atoms with Gasteiger partial charge < -0.3 is 0 Å². The molecule has 0 spiro atoms. The summed E-state index contributed by atoms with van der Waals surface area (Å²) in [7, 11) is 0. The van der Waals surface area contributed by atoms with E-state index in [1.54, 1.807) is 35.4 Å². The van der Waals surface area contributed by atoms with E-state index in [1.807, 2.05) is 31.3 Å². The lowest BCUT2D eigenvalue weighted by atomic mass is 10.1. The van der Waals surface area contributed by atoms with E-state index in [1.165, 1.54) is 6.08 Å². The third kappa shape index (κ3) is 3.72. The minimum Gasteiger partial charge on any atom is -0.289 e. The number of hydrogen-bond donors (Lipinski definition) is 2. The molecule has 2 heterocycles. The summed E-state index contributed by atoms with van der Waals surface area (Å²) in [5.74, 6) is -0.963. The lowest BCUT2D eigenvalue weighted by Crippen LogP contribution is -2.21. The molecular weight excluding hydrogens is 335 g/mol. The van der Waals surface area contributed by atoms with Crippen LogP contribution in [0.3, 0.4) is 0 Å². The number of carbonyl (C=O) groups excluding carboxylic acids is 1. The van der Waals surface area contributed by atoms with Crippen molar-refractivity contribution in [1.82, 2.24) is 20.2 Å². The van der Waals surface area contributed by atoms with E-state index in [2.05, 4.69) is 10.1 Å². The monoisotopic (exact) mass is 356 g/mol. The average Bonchev–Trinajstić information content (AvgIpc) is 3.18. The van der Waals surface area contributed by atoms with Crippen molar-refractivity contribution in [3.05, 3.63) is 65.9 Å². The third-order valence-corrected chi connectivity index (χ3v) is 4.59. The zero-order valence-corrected chi connectivity index (χ0v) is 14.6. The van der Waals surface area contributed by atoms with Crippen LogP contribution in [0.1, 0.15) is 30.5 Å². The summed E-state index contributed by atoms with van der Waals surface area (Å²) in [6.45, 7) is 3.70. The summed E-state index contributed by atoms with van der Waals surface area (Å²) in [6, 6.07) is 5.57. The molecule has 2 N–H and O–H groups in total. The molecule has 6 nitrogen and oxygen atoms in total. The van der Waals surface area contributed by atoms with Gasteiger partial charge in [-0.15, -0.1) is 0 Å². The number of allylic oxidation sites excluding steroid dienone is 4. The molecule has 7 heteroatoms. The molecule has 2 aromatic rings. The molecule has 0 radical (unpaired) electrons. The number of hydrogen-bond acceptors (Lipinski definition) is 4. The number of pyridine rings is 1. The van der Waals surface area contributed by atoms with Gasteiger partial charge in [-0.25, -0.2) is 19.5 Å². The maximum atomic E-state index is 14.0. The topological polar surface area (TPSA) is 80.0 Å². The molecular formula is C19H21FN4O2. The second-order valence-electron chi connectivity index (χ2n) is 6.39. The molecule has 1 amide bonds. The Morgan fingerprint density at radius 1 is 1.42 bits per heavy atom. The van der Waals surface area contributed by atoms with E-state index in [9.17, 15) is 9.18 Å². The van der Waals surface area contributed by atoms with Crippen LogP contribution in [0.2, 0.25) is 0 Å². The summed E-state index contributed by atoms with van der Waals surface area (Å²) in [4.78, 5) is 16.3. The minimum atomic E-state index is -0.495. The van der Waals surface area contributed by atoms with Crippen LogP contribution in [-0.4, -0.2) is 25.9 Å². The van der Waals surface area contributed by atoms with E-state index >= 15 is 0 Å². The molecule has 1 aliphatic rings. The quantitative estimate of drug-likeness (QED) is 0.473. The molecule has 0 saturated heterocycles. The predicted octanol–water partition coefficient (Wildman–Crippen LogP) is 3.23. The summed E-state index contributed by atoms with van der Waals surface area (Å²) in [5, 5.41) is 13.3. The Morgan fingerprint density at radius 3 is 2.81 bits per heavy atom. The smallest absolute Gasteiger partial charge is 0.247 e. The molecule has 1 fully saturated rings. The van der Waals surface area contributed by atoms with Gasteiger partial charge in [0, 0.05) is 24.7 Å². The van der Waals surface area contributed by atoms with Crippen LogP contribution < -0.4 is 5.48 Å². The molecule has 0 bridgehead atoms. The normalized spacial score (nSPS) is 22.6. The largest absolute Gasteiger partial charge is 0.289 e. The number of carbonyl (C=O) groups is 1. The fourth-order valence-corrected chi connectivity index (χ4v) is 3.28. The van der Waals surface area contributed by atoms with Gasteiger partial charge in [-0.05, 0) is 43.5 Å². The number of aryl methyl sites for hydroxylation is 1. The number of nitrogens with zero attached hydrogens (tertiary/aromatic N) is 3. The Balaban J connectivity index is 1.78. The van der Waals surface area contributed by atoms with Crippen LogP contribution in [-0.2, 0) is 4.79 Å². The first-order valence-electron chi connectivity index (χ1n) is 8.45. The van der Waals surface area contributed by atoms with Crippen LogP contribution in [0.4, 0.5) is 4.39 Å². The van der Waals surface area contributed by atoms with Gasteiger partial charge in [0.25, 0.3) is 0 Å². The maximum Gasteiger partial charge on any atom is 0.247 e. The van der Waals surface area contributed by atoms with Crippen molar-refractivity contribution < 1.29 is 14.4 Å². The Kier molecular flexibility index (Phi) is 5.27. The van der Waals surface area contributed by atoms with Gasteiger partial charge in [-0.1, -0.05) is 18.2 Å². The van der Waals surface area contributed by atoms with Gasteiger partial charge >= 0.3 is 0 Å². The molecule has 136 valence electrons. The summed E-state index contributed by atoms with van der Waals surface area (Å²) < 4.78 is 15.7. The van der Waals surface area contributed by atoms with Gasteiger partial charge in [0.1, 0.15) is 5.83 Å². The lowest BCUT2D eigenvalue weighted by Gasteiger charge is -2.03. The highest BCUT2D eigenvalue weighted by Gasteiger charge is 2.55. The average molecular weight is 356 g/mol. The van der Waals surface area contributed by atoms with Crippen LogP contribution in [0.15, 0.2) is 54.6 Å². The number of rotatable bonds is 6. The standard InChI is InChI=1S/C19H21FN4O2/c1-3-4-5-14(20)10-15-17(18(15)19(25)23-26)13-6-7-16(21-11-13)24-9-8-12(2)22-24/h3-9,11,15,17-18,26H,10H2,1-2H3,(H,23,25). The van der Waals surface area contributed by atoms with Gasteiger partial charge in [-0.3, -0.25) is 10.0 Å². The van der Waals surface area contributed by atoms with Gasteiger partial charge in [0.15, 0.2) is 5.82 Å². The predicted molar refractivity (Wildman–Crippen MR) is 94.4 cm³/mol. The van der Waals surface area contributed by atoms with Crippen LogP contribution in [0, 0.1) is 18.8 Å². The highest BCUT2D eigenvalue weighted by atomic mass is 19.1. The molecule has 2 aromatic heterocycles. The first kappa shape index (κ1) is 18.0. The summed E-state index contributed by atoms with van der Waals surface area (Å²) >= 11 is 0. The first-order valence-corrected chi connectivity index (χ1v) is 8.45. The van der Waals surface area contributed by atoms with E-state index in [0.29, 0.717) is 5.82 Å². The number of halogens is 1. The Labute approximate surface area is 151 Å². The minimum absolute atomic E-state index is 0.146. The maximum absolute atomic E-state index is 14.0. The van der Waals surface area contributed by atoms with Crippen LogP contribution in [0.25, 0.3) is 5.82 Å². The number of amides is 1. The first-order chi connectivity index (χ1) is 12.5. The van der Waals surface area contributed by atoms with Crippen molar-refractivity contribution in [3.63, 3.8) is 0 Å². The van der Waals surface area contributed by atoms with Gasteiger partial charge in [0.05, 0.1) is 11.6 Å². The Bertz CT molecular complexity index is 841. The fourth-order valence-electron chi connectivity index (χ4n) is 3.28. The fraction of sp³-hybridized carbons (Fsp3) is 0.316. The number of nitrogens with one attached hydrogen (secondary N) is 1. The number of aromatic nitrogens is 3. The molecule has 1 aliphatic carbocycles. The molecule has 3 atom stereocenters. The van der Waals surface area contributed by atoms with Crippen LogP contribution >= 0.6 is 0 Å². The molecule has 0 aromatic carbocycles. The van der Waals surface area contributed by atoms with Crippen molar-refractivity contribution in [2.24, 2.45) is 11.8 Å². The van der Waals surface area contributed by atoms with Crippen molar-refractivity contribution >= 4 is 5.91 Å². The van der Waals surface area contributed by atoms with E-state index in [4.69, 9.17) is 5.21 Å². The second-order valence-corrected chi connectivity index (χ2v) is 6.39. The SMILES string of the molecule is CC=CC=C(F)CC1C(C(=O)NO)C1c1ccc(-n2ccc(C)n2)nc1. The van der Waals surface area contributed by atoms with Crippen LogP contribution in [0.5, 0.6) is 0 Å². The van der Waals surface area contributed by atoms with Gasteiger partial charge in [-0.2, -0.15) is 5.10 Å². The van der Waals surface area contributed by atoms with Crippen molar-refractivity contribution in [1.29, 1.82) is 0 Å². The number of hydroxylamine groups is 1. The third-order valence-electron chi connectivity index (χ3n) is 4.59. The van der Waals surface area contributed by atoms with Gasteiger partial charge in [0.2, 0.25) is 5.91 Å². The molecule has 26 heavy (non-hydrogen) atoms.